The van der Waals surface area contributed by atoms with Crippen LogP contribution in [0.25, 0.3) is 0 Å². The van der Waals surface area contributed by atoms with Gasteiger partial charge in [-0.3, -0.25) is 9.79 Å². The molecule has 0 aromatic heterocycles. The summed E-state index contributed by atoms with van der Waals surface area (Å²) in [6, 6.07) is 5.01. The number of amides is 1. The molecule has 0 radical (unpaired) electrons. The number of hydrogen-bond donors (Lipinski definition) is 3. The maximum Gasteiger partial charge on any atom is 0.387 e. The van der Waals surface area contributed by atoms with Gasteiger partial charge < -0.3 is 25.4 Å². The molecule has 170 valence electrons. The Morgan fingerprint density at radius 2 is 1.97 bits per heavy atom. The first-order valence-electron chi connectivity index (χ1n) is 9.96. The number of nitrogens with one attached hydrogen (secondary N) is 3. The summed E-state index contributed by atoms with van der Waals surface area (Å²) in [5, 5.41) is 9.15. The third-order valence-corrected chi connectivity index (χ3v) is 4.66. The standard InChI is InChI=1S/C20H30F2N4O3.HI/c1-3-28-16-10-5-9-15(17(16)29-19(21)22)13-26-20(23-2)25-12-6-11-24-18(27)14-7-4-8-14;/h5,9-10,14,19H,3-4,6-8,11-13H2,1-2H3,(H,24,27)(H2,23,25,26);1H. The van der Waals surface area contributed by atoms with Crippen molar-refractivity contribution in [2.45, 2.75) is 45.8 Å². The van der Waals surface area contributed by atoms with Crippen molar-refractivity contribution in [2.24, 2.45) is 10.9 Å². The lowest BCUT2D eigenvalue weighted by Gasteiger charge is -2.24. The summed E-state index contributed by atoms with van der Waals surface area (Å²) in [5.41, 5.74) is 0.534. The molecule has 1 saturated carbocycles. The molecule has 1 aliphatic rings. The zero-order valence-corrected chi connectivity index (χ0v) is 19.7. The fourth-order valence-corrected chi connectivity index (χ4v) is 2.91. The van der Waals surface area contributed by atoms with Gasteiger partial charge in [-0.2, -0.15) is 8.78 Å². The van der Waals surface area contributed by atoms with Crippen molar-refractivity contribution >= 4 is 35.8 Å². The molecule has 1 fully saturated rings. The molecule has 0 bridgehead atoms. The van der Waals surface area contributed by atoms with Gasteiger partial charge >= 0.3 is 6.61 Å². The third kappa shape index (κ3) is 8.49. The average molecular weight is 540 g/mol. The van der Waals surface area contributed by atoms with Crippen LogP contribution in [0, 0.1) is 5.92 Å². The molecule has 0 spiro atoms. The van der Waals surface area contributed by atoms with E-state index in [0.717, 1.165) is 25.7 Å². The summed E-state index contributed by atoms with van der Waals surface area (Å²) in [7, 11) is 1.63. The lowest BCUT2D eigenvalue weighted by Crippen LogP contribution is -2.39. The van der Waals surface area contributed by atoms with Crippen LogP contribution in [-0.4, -0.2) is 45.2 Å². The first-order valence-corrected chi connectivity index (χ1v) is 9.96. The summed E-state index contributed by atoms with van der Waals surface area (Å²) in [6.07, 6.45) is 3.86. The highest BCUT2D eigenvalue weighted by molar-refractivity contribution is 14.0. The number of para-hydroxylation sites is 1. The highest BCUT2D eigenvalue weighted by atomic mass is 127. The summed E-state index contributed by atoms with van der Waals surface area (Å²) < 4.78 is 35.6. The SMILES string of the molecule is CCOc1cccc(CNC(=NC)NCCCNC(=O)C2CCC2)c1OC(F)F.I. The molecule has 7 nitrogen and oxygen atoms in total. The van der Waals surface area contributed by atoms with Gasteiger partial charge in [-0.15, -0.1) is 24.0 Å². The number of rotatable bonds is 11. The van der Waals surface area contributed by atoms with Crippen LogP contribution in [0.2, 0.25) is 0 Å². The van der Waals surface area contributed by atoms with Crippen molar-refractivity contribution in [1.29, 1.82) is 0 Å². The molecule has 0 saturated heterocycles. The van der Waals surface area contributed by atoms with Crippen molar-refractivity contribution < 1.29 is 23.0 Å². The van der Waals surface area contributed by atoms with Crippen LogP contribution in [0.1, 0.15) is 38.2 Å². The van der Waals surface area contributed by atoms with Crippen LogP contribution in [0.3, 0.4) is 0 Å². The maximum absolute atomic E-state index is 12.8. The first kappa shape index (κ1) is 26.2. The zero-order valence-electron chi connectivity index (χ0n) is 17.4. The molecule has 10 heteroatoms. The Hall–Kier alpha value is -1.85. The molecular formula is C20H31F2IN4O3. The first-order chi connectivity index (χ1) is 14.0. The van der Waals surface area contributed by atoms with Crippen molar-refractivity contribution in [3.63, 3.8) is 0 Å². The molecule has 0 heterocycles. The molecule has 3 N–H and O–H groups in total. The Bertz CT molecular complexity index is 688. The van der Waals surface area contributed by atoms with Crippen LogP contribution in [-0.2, 0) is 11.3 Å². The lowest BCUT2D eigenvalue weighted by atomic mass is 9.85. The Morgan fingerprint density at radius 3 is 2.57 bits per heavy atom. The number of carbonyl (C=O) groups excluding carboxylic acids is 1. The molecule has 2 rings (SSSR count). The number of ether oxygens (including phenoxy) is 2. The fourth-order valence-electron chi connectivity index (χ4n) is 2.91. The number of halogens is 3. The van der Waals surface area contributed by atoms with E-state index in [-0.39, 0.29) is 53.8 Å². The second-order valence-corrected chi connectivity index (χ2v) is 6.68. The molecule has 1 aromatic rings. The van der Waals surface area contributed by atoms with E-state index in [4.69, 9.17) is 4.74 Å². The van der Waals surface area contributed by atoms with E-state index in [9.17, 15) is 13.6 Å². The zero-order chi connectivity index (χ0) is 21.1. The van der Waals surface area contributed by atoms with Gasteiger partial charge in [-0.05, 0) is 32.3 Å². The summed E-state index contributed by atoms with van der Waals surface area (Å²) in [6.45, 7) is 0.629. The largest absolute Gasteiger partial charge is 0.490 e. The van der Waals surface area contributed by atoms with E-state index >= 15 is 0 Å². The van der Waals surface area contributed by atoms with E-state index in [1.165, 1.54) is 0 Å². The molecule has 1 aromatic carbocycles. The van der Waals surface area contributed by atoms with Gasteiger partial charge in [0, 0.05) is 38.2 Å². The molecule has 1 aliphatic carbocycles. The second-order valence-electron chi connectivity index (χ2n) is 6.68. The van der Waals surface area contributed by atoms with Gasteiger partial charge in [-0.1, -0.05) is 18.6 Å². The monoisotopic (exact) mass is 540 g/mol. The third-order valence-electron chi connectivity index (χ3n) is 4.66. The van der Waals surface area contributed by atoms with E-state index < -0.39 is 6.61 Å². The quantitative estimate of drug-likeness (QED) is 0.174. The number of guanidine groups is 1. The number of carbonyl (C=O) groups is 1. The van der Waals surface area contributed by atoms with Crippen molar-refractivity contribution in [3.05, 3.63) is 23.8 Å². The number of hydrogen-bond acceptors (Lipinski definition) is 4. The van der Waals surface area contributed by atoms with E-state index in [0.29, 0.717) is 31.2 Å². The topological polar surface area (TPSA) is 84.0 Å². The van der Waals surface area contributed by atoms with Crippen LogP contribution in [0.15, 0.2) is 23.2 Å². The van der Waals surface area contributed by atoms with Gasteiger partial charge in [0.15, 0.2) is 17.5 Å². The minimum absolute atomic E-state index is 0. The predicted molar refractivity (Wildman–Crippen MR) is 123 cm³/mol. The minimum Gasteiger partial charge on any atom is -0.490 e. The lowest BCUT2D eigenvalue weighted by molar-refractivity contribution is -0.127. The van der Waals surface area contributed by atoms with E-state index in [2.05, 4.69) is 25.7 Å². The second kappa shape index (κ2) is 14.2. The minimum atomic E-state index is -2.94. The summed E-state index contributed by atoms with van der Waals surface area (Å²) >= 11 is 0. The number of benzene rings is 1. The van der Waals surface area contributed by atoms with Crippen molar-refractivity contribution in [2.75, 3.05) is 26.7 Å². The number of alkyl halides is 2. The van der Waals surface area contributed by atoms with Gasteiger partial charge in [0.25, 0.3) is 0 Å². The highest BCUT2D eigenvalue weighted by Crippen LogP contribution is 2.32. The van der Waals surface area contributed by atoms with Gasteiger partial charge in [0.05, 0.1) is 6.61 Å². The average Bonchev–Trinajstić information content (AvgIpc) is 2.64. The van der Waals surface area contributed by atoms with Gasteiger partial charge in [0.2, 0.25) is 5.91 Å². The molecular weight excluding hydrogens is 509 g/mol. The Morgan fingerprint density at radius 1 is 1.23 bits per heavy atom. The van der Waals surface area contributed by atoms with Crippen LogP contribution < -0.4 is 25.4 Å². The molecule has 1 amide bonds. The Balaban J connectivity index is 0.00000450. The fraction of sp³-hybridized carbons (Fsp3) is 0.600. The van der Waals surface area contributed by atoms with E-state index in [1.54, 1.807) is 32.2 Å². The Labute approximate surface area is 193 Å². The highest BCUT2D eigenvalue weighted by Gasteiger charge is 2.24. The summed E-state index contributed by atoms with van der Waals surface area (Å²) in [5.74, 6) is 1.15. The molecule has 0 atom stereocenters. The normalized spacial score (nSPS) is 13.8. The van der Waals surface area contributed by atoms with Gasteiger partial charge in [-0.25, -0.2) is 0 Å². The smallest absolute Gasteiger partial charge is 0.387 e. The maximum atomic E-state index is 12.8. The number of aliphatic imine (C=N–C) groups is 1. The van der Waals surface area contributed by atoms with Crippen LogP contribution >= 0.6 is 24.0 Å². The van der Waals surface area contributed by atoms with Crippen molar-refractivity contribution in [1.82, 2.24) is 16.0 Å². The van der Waals surface area contributed by atoms with Crippen molar-refractivity contribution in [3.8, 4) is 11.5 Å². The molecule has 0 unspecified atom stereocenters. The van der Waals surface area contributed by atoms with E-state index in [1.807, 2.05) is 0 Å². The van der Waals surface area contributed by atoms with Gasteiger partial charge in [0.1, 0.15) is 0 Å². The van der Waals surface area contributed by atoms with Crippen LogP contribution in [0.5, 0.6) is 11.5 Å². The Kier molecular flexibility index (Phi) is 12.4. The summed E-state index contributed by atoms with van der Waals surface area (Å²) in [4.78, 5) is 15.9. The predicted octanol–water partition coefficient (Wildman–Crippen LogP) is 3.28. The number of nitrogens with zero attached hydrogens (tertiary/aromatic N) is 1. The van der Waals surface area contributed by atoms with Crippen LogP contribution in [0.4, 0.5) is 8.78 Å². The molecule has 30 heavy (non-hydrogen) atoms. The molecule has 0 aliphatic heterocycles.